The second-order valence-electron chi connectivity index (χ2n) is 5.89. The number of carbonyl (C=O) groups is 1. The molecular weight excluding hydrogens is 316 g/mol. The number of anilines is 1. The smallest absolute Gasteiger partial charge is 0.263 e. The van der Waals surface area contributed by atoms with Crippen LogP contribution in [0.2, 0.25) is 0 Å². The second-order valence-corrected chi connectivity index (χ2v) is 7.80. The van der Waals surface area contributed by atoms with Crippen LogP contribution in [0.4, 0.5) is 5.69 Å². The molecule has 128 valence electrons. The molecule has 1 atom stereocenters. The van der Waals surface area contributed by atoms with Crippen molar-refractivity contribution in [2.75, 3.05) is 17.1 Å². The van der Waals surface area contributed by atoms with Gasteiger partial charge in [0.05, 0.1) is 18.5 Å². The Labute approximate surface area is 137 Å². The summed E-state index contributed by atoms with van der Waals surface area (Å²) in [7, 11) is -3.49. The van der Waals surface area contributed by atoms with Crippen LogP contribution in [-0.2, 0) is 14.8 Å². The number of aryl methyl sites for hydroxylation is 1. The average molecular weight is 340 g/mol. The lowest BCUT2D eigenvalue weighted by Crippen LogP contribution is -2.52. The Morgan fingerprint density at radius 2 is 2.04 bits per heavy atom. The molecule has 1 aliphatic heterocycles. The van der Waals surface area contributed by atoms with Crippen LogP contribution in [0.15, 0.2) is 18.2 Å². The van der Waals surface area contributed by atoms with Crippen molar-refractivity contribution in [1.82, 2.24) is 5.32 Å². The van der Waals surface area contributed by atoms with E-state index < -0.39 is 16.1 Å². The Morgan fingerprint density at radius 1 is 1.39 bits per heavy atom. The molecule has 1 amide bonds. The van der Waals surface area contributed by atoms with Gasteiger partial charge < -0.3 is 10.1 Å². The van der Waals surface area contributed by atoms with Crippen molar-refractivity contribution in [3.8, 4) is 5.75 Å². The summed E-state index contributed by atoms with van der Waals surface area (Å²) in [5.74, 6) is 0.135. The van der Waals surface area contributed by atoms with Crippen LogP contribution in [0.25, 0.3) is 0 Å². The topological polar surface area (TPSA) is 75.7 Å². The van der Waals surface area contributed by atoms with Gasteiger partial charge in [-0.15, -0.1) is 0 Å². The maximum absolute atomic E-state index is 12.4. The molecule has 1 heterocycles. The minimum atomic E-state index is -3.49. The Bertz CT molecular complexity index is 683. The van der Waals surface area contributed by atoms with Crippen molar-refractivity contribution in [3.63, 3.8) is 0 Å². The van der Waals surface area contributed by atoms with Crippen LogP contribution in [0.5, 0.6) is 5.75 Å². The fourth-order valence-electron chi connectivity index (χ4n) is 2.60. The van der Waals surface area contributed by atoms with E-state index >= 15 is 0 Å². The maximum atomic E-state index is 12.4. The monoisotopic (exact) mass is 340 g/mol. The zero-order chi connectivity index (χ0) is 17.2. The molecule has 2 rings (SSSR count). The van der Waals surface area contributed by atoms with Crippen molar-refractivity contribution in [2.45, 2.75) is 45.8 Å². The Morgan fingerprint density at radius 3 is 2.61 bits per heavy atom. The van der Waals surface area contributed by atoms with Crippen molar-refractivity contribution in [2.24, 2.45) is 0 Å². The molecule has 1 aromatic rings. The van der Waals surface area contributed by atoms with Gasteiger partial charge in [-0.25, -0.2) is 8.42 Å². The van der Waals surface area contributed by atoms with Gasteiger partial charge in [0.15, 0.2) is 6.10 Å². The molecular formula is C16H24N2O4S. The zero-order valence-electron chi connectivity index (χ0n) is 14.0. The molecule has 0 spiro atoms. The van der Waals surface area contributed by atoms with Crippen molar-refractivity contribution in [1.29, 1.82) is 0 Å². The molecule has 23 heavy (non-hydrogen) atoms. The fraction of sp³-hybridized carbons (Fsp3) is 0.562. The quantitative estimate of drug-likeness (QED) is 0.887. The Balaban J connectivity index is 2.30. The molecule has 0 aliphatic carbocycles. The van der Waals surface area contributed by atoms with E-state index in [-0.39, 0.29) is 18.5 Å². The highest BCUT2D eigenvalue weighted by molar-refractivity contribution is 7.92. The van der Waals surface area contributed by atoms with Gasteiger partial charge in [-0.3, -0.25) is 9.10 Å². The van der Waals surface area contributed by atoms with E-state index in [4.69, 9.17) is 4.74 Å². The van der Waals surface area contributed by atoms with Crippen LogP contribution >= 0.6 is 0 Å². The molecule has 0 bridgehead atoms. The summed E-state index contributed by atoms with van der Waals surface area (Å²) in [6, 6.07) is 5.36. The van der Waals surface area contributed by atoms with Crippen molar-refractivity contribution in [3.05, 3.63) is 23.8 Å². The maximum Gasteiger partial charge on any atom is 0.263 e. The number of fused-ring (bicyclic) bond motifs is 1. The number of hydrogen-bond acceptors (Lipinski definition) is 4. The third-order valence-electron chi connectivity index (χ3n) is 4.01. The number of rotatable bonds is 5. The minimum absolute atomic E-state index is 0.0126. The number of sulfonamides is 1. The number of carbonyl (C=O) groups excluding carboxylic acids is 1. The summed E-state index contributed by atoms with van der Waals surface area (Å²) in [5.41, 5.74) is 1.42. The van der Waals surface area contributed by atoms with Gasteiger partial charge in [0.2, 0.25) is 10.0 Å². The molecule has 6 nitrogen and oxygen atoms in total. The summed E-state index contributed by atoms with van der Waals surface area (Å²) < 4.78 is 31.2. The number of hydrogen-bond donors (Lipinski definition) is 1. The Kier molecular flexibility index (Phi) is 5.19. The van der Waals surface area contributed by atoms with Crippen LogP contribution in [0, 0.1) is 6.92 Å². The van der Waals surface area contributed by atoms with Gasteiger partial charge in [0.25, 0.3) is 5.91 Å². The first-order valence-electron chi connectivity index (χ1n) is 7.81. The molecule has 0 saturated carbocycles. The van der Waals surface area contributed by atoms with Gasteiger partial charge in [-0.05, 0) is 37.5 Å². The third kappa shape index (κ3) is 3.96. The van der Waals surface area contributed by atoms with Crippen LogP contribution in [0.3, 0.4) is 0 Å². The highest BCUT2D eigenvalue weighted by Gasteiger charge is 2.35. The van der Waals surface area contributed by atoms with Crippen LogP contribution < -0.4 is 14.4 Å². The molecule has 1 aromatic carbocycles. The van der Waals surface area contributed by atoms with Crippen molar-refractivity contribution < 1.29 is 17.9 Å². The van der Waals surface area contributed by atoms with Gasteiger partial charge in [0, 0.05) is 6.04 Å². The van der Waals surface area contributed by atoms with Crippen LogP contribution in [-0.4, -0.2) is 39.3 Å². The molecule has 1 N–H and O–H groups in total. The molecule has 0 aromatic heterocycles. The first kappa shape index (κ1) is 17.6. The highest BCUT2D eigenvalue weighted by atomic mass is 32.2. The molecule has 1 unspecified atom stereocenters. The molecule has 1 aliphatic rings. The van der Waals surface area contributed by atoms with E-state index in [0.717, 1.165) is 24.7 Å². The van der Waals surface area contributed by atoms with E-state index in [2.05, 4.69) is 5.32 Å². The van der Waals surface area contributed by atoms with E-state index in [0.29, 0.717) is 11.4 Å². The largest absolute Gasteiger partial charge is 0.476 e. The van der Waals surface area contributed by atoms with Gasteiger partial charge in [0.1, 0.15) is 5.75 Å². The van der Waals surface area contributed by atoms with Crippen molar-refractivity contribution >= 4 is 21.6 Å². The Hall–Kier alpha value is -1.76. The van der Waals surface area contributed by atoms with Crippen LogP contribution in [0.1, 0.15) is 32.3 Å². The highest BCUT2D eigenvalue weighted by Crippen LogP contribution is 2.35. The minimum Gasteiger partial charge on any atom is -0.476 e. The lowest BCUT2D eigenvalue weighted by Gasteiger charge is -2.34. The first-order chi connectivity index (χ1) is 10.8. The first-order valence-corrected chi connectivity index (χ1v) is 9.66. The number of amides is 1. The predicted molar refractivity (Wildman–Crippen MR) is 90.3 cm³/mol. The summed E-state index contributed by atoms with van der Waals surface area (Å²) in [6.07, 6.45) is 1.93. The number of nitrogens with zero attached hydrogens (tertiary/aromatic N) is 1. The summed E-state index contributed by atoms with van der Waals surface area (Å²) in [5, 5.41) is 2.91. The van der Waals surface area contributed by atoms with E-state index in [1.807, 2.05) is 26.8 Å². The molecule has 7 heteroatoms. The predicted octanol–water partition coefficient (Wildman–Crippen LogP) is 1.83. The third-order valence-corrected chi connectivity index (χ3v) is 5.16. The number of ether oxygens (including phenoxy) is 1. The van der Waals surface area contributed by atoms with E-state index in [1.54, 1.807) is 12.1 Å². The lowest BCUT2D eigenvalue weighted by atomic mass is 10.1. The van der Waals surface area contributed by atoms with E-state index in [1.165, 1.54) is 4.31 Å². The summed E-state index contributed by atoms with van der Waals surface area (Å²) >= 11 is 0. The summed E-state index contributed by atoms with van der Waals surface area (Å²) in [4.78, 5) is 12.4. The SMILES string of the molecule is CCC(CC)NC(=O)C1CN(S(C)(=O)=O)c2cc(C)ccc2O1. The number of benzene rings is 1. The van der Waals surface area contributed by atoms with Gasteiger partial charge in [-0.2, -0.15) is 0 Å². The zero-order valence-corrected chi connectivity index (χ0v) is 14.8. The fourth-order valence-corrected chi connectivity index (χ4v) is 3.51. The number of nitrogens with one attached hydrogen (secondary N) is 1. The average Bonchev–Trinajstić information content (AvgIpc) is 2.50. The molecule has 0 fully saturated rings. The second kappa shape index (κ2) is 6.78. The molecule has 0 saturated heterocycles. The summed E-state index contributed by atoms with van der Waals surface area (Å²) in [6.45, 7) is 5.86. The normalized spacial score (nSPS) is 17.6. The van der Waals surface area contributed by atoms with Gasteiger partial charge >= 0.3 is 0 Å². The van der Waals surface area contributed by atoms with E-state index in [9.17, 15) is 13.2 Å². The lowest BCUT2D eigenvalue weighted by molar-refractivity contribution is -0.128. The molecule has 0 radical (unpaired) electrons. The standard InChI is InChI=1S/C16H24N2O4S/c1-5-12(6-2)17-16(19)15-10-18(23(4,20)21)13-9-11(3)7-8-14(13)22-15/h7-9,12,15H,5-6,10H2,1-4H3,(H,17,19). The van der Waals surface area contributed by atoms with Gasteiger partial charge in [-0.1, -0.05) is 19.9 Å².